The van der Waals surface area contributed by atoms with Crippen LogP contribution in [0.1, 0.15) is 32.1 Å². The lowest BCUT2D eigenvalue weighted by Gasteiger charge is -2.42. The SMILES string of the molecule is COC(=O)CC1CN(C(=O)CC2(OC)CCC2)CCO1. The van der Waals surface area contributed by atoms with Crippen LogP contribution in [0.3, 0.4) is 0 Å². The Morgan fingerprint density at radius 2 is 2.10 bits per heavy atom. The molecule has 1 heterocycles. The summed E-state index contributed by atoms with van der Waals surface area (Å²) in [6.07, 6.45) is 3.37. The molecule has 1 amide bonds. The highest BCUT2D eigenvalue weighted by atomic mass is 16.5. The van der Waals surface area contributed by atoms with E-state index in [2.05, 4.69) is 4.74 Å². The predicted octanol–water partition coefficient (Wildman–Crippen LogP) is 0.736. The Morgan fingerprint density at radius 3 is 2.65 bits per heavy atom. The van der Waals surface area contributed by atoms with Gasteiger partial charge in [0, 0.05) is 20.2 Å². The minimum Gasteiger partial charge on any atom is -0.469 e. The van der Waals surface area contributed by atoms with E-state index in [9.17, 15) is 9.59 Å². The molecule has 1 unspecified atom stereocenters. The van der Waals surface area contributed by atoms with Gasteiger partial charge in [-0.2, -0.15) is 0 Å². The molecule has 0 aromatic rings. The lowest BCUT2D eigenvalue weighted by molar-refractivity contribution is -0.155. The molecule has 0 bridgehead atoms. The molecule has 6 nitrogen and oxygen atoms in total. The van der Waals surface area contributed by atoms with Gasteiger partial charge in [0.1, 0.15) is 0 Å². The number of methoxy groups -OCH3 is 2. The minimum absolute atomic E-state index is 0.0877. The third-order valence-electron chi connectivity index (χ3n) is 4.28. The first-order chi connectivity index (χ1) is 9.58. The predicted molar refractivity (Wildman–Crippen MR) is 71.2 cm³/mol. The van der Waals surface area contributed by atoms with Crippen LogP contribution < -0.4 is 0 Å². The fraction of sp³-hybridized carbons (Fsp3) is 0.857. The maximum absolute atomic E-state index is 12.3. The van der Waals surface area contributed by atoms with E-state index in [1.165, 1.54) is 7.11 Å². The van der Waals surface area contributed by atoms with Crippen molar-refractivity contribution in [2.24, 2.45) is 0 Å². The van der Waals surface area contributed by atoms with E-state index in [4.69, 9.17) is 9.47 Å². The monoisotopic (exact) mass is 285 g/mol. The largest absolute Gasteiger partial charge is 0.469 e. The van der Waals surface area contributed by atoms with Crippen molar-refractivity contribution >= 4 is 11.9 Å². The fourth-order valence-electron chi connectivity index (χ4n) is 2.75. The third kappa shape index (κ3) is 3.49. The Labute approximate surface area is 119 Å². The van der Waals surface area contributed by atoms with Crippen LogP contribution in [0.25, 0.3) is 0 Å². The summed E-state index contributed by atoms with van der Waals surface area (Å²) in [4.78, 5) is 25.4. The molecule has 1 aliphatic carbocycles. The summed E-state index contributed by atoms with van der Waals surface area (Å²) >= 11 is 0. The lowest BCUT2D eigenvalue weighted by atomic mass is 9.77. The topological polar surface area (TPSA) is 65.1 Å². The summed E-state index contributed by atoms with van der Waals surface area (Å²) in [5.41, 5.74) is -0.257. The zero-order chi connectivity index (χ0) is 14.6. The van der Waals surface area contributed by atoms with Gasteiger partial charge in [0.2, 0.25) is 5.91 Å². The third-order valence-corrected chi connectivity index (χ3v) is 4.28. The second kappa shape index (κ2) is 6.54. The van der Waals surface area contributed by atoms with Gasteiger partial charge in [-0.15, -0.1) is 0 Å². The minimum atomic E-state index is -0.309. The summed E-state index contributed by atoms with van der Waals surface area (Å²) in [6, 6.07) is 0. The first-order valence-electron chi connectivity index (χ1n) is 7.10. The molecular formula is C14H23NO5. The van der Waals surface area contributed by atoms with Crippen molar-refractivity contribution < 1.29 is 23.8 Å². The van der Waals surface area contributed by atoms with Crippen molar-refractivity contribution in [2.45, 2.75) is 43.8 Å². The summed E-state index contributed by atoms with van der Waals surface area (Å²) < 4.78 is 15.6. The number of morpholine rings is 1. The van der Waals surface area contributed by atoms with Gasteiger partial charge in [-0.25, -0.2) is 0 Å². The molecule has 1 saturated heterocycles. The molecule has 2 fully saturated rings. The van der Waals surface area contributed by atoms with Crippen LogP contribution >= 0.6 is 0 Å². The average Bonchev–Trinajstić information content (AvgIpc) is 2.42. The Morgan fingerprint density at radius 1 is 1.35 bits per heavy atom. The van der Waals surface area contributed by atoms with E-state index >= 15 is 0 Å². The molecule has 2 rings (SSSR count). The fourth-order valence-corrected chi connectivity index (χ4v) is 2.75. The van der Waals surface area contributed by atoms with Crippen LogP contribution in [-0.2, 0) is 23.8 Å². The quantitative estimate of drug-likeness (QED) is 0.697. The molecule has 6 heteroatoms. The number of hydrogen-bond acceptors (Lipinski definition) is 5. The maximum atomic E-state index is 12.3. The second-order valence-electron chi connectivity index (χ2n) is 5.53. The van der Waals surface area contributed by atoms with Gasteiger partial charge in [-0.05, 0) is 19.3 Å². The highest BCUT2D eigenvalue weighted by Gasteiger charge is 2.40. The van der Waals surface area contributed by atoms with Crippen LogP contribution in [0, 0.1) is 0 Å². The zero-order valence-corrected chi connectivity index (χ0v) is 12.2. The van der Waals surface area contributed by atoms with Crippen LogP contribution in [0.2, 0.25) is 0 Å². The van der Waals surface area contributed by atoms with Crippen LogP contribution in [0.15, 0.2) is 0 Å². The number of carbonyl (C=O) groups is 2. The van der Waals surface area contributed by atoms with E-state index in [1.807, 2.05) is 0 Å². The van der Waals surface area contributed by atoms with Crippen molar-refractivity contribution in [3.05, 3.63) is 0 Å². The number of hydrogen-bond donors (Lipinski definition) is 0. The molecule has 0 spiro atoms. The van der Waals surface area contributed by atoms with Crippen molar-refractivity contribution in [1.82, 2.24) is 4.90 Å². The maximum Gasteiger partial charge on any atom is 0.308 e. The second-order valence-corrected chi connectivity index (χ2v) is 5.53. The Hall–Kier alpha value is -1.14. The number of esters is 1. The molecule has 114 valence electrons. The van der Waals surface area contributed by atoms with Crippen molar-refractivity contribution in [1.29, 1.82) is 0 Å². The first kappa shape index (κ1) is 15.3. The van der Waals surface area contributed by atoms with E-state index in [1.54, 1.807) is 12.0 Å². The van der Waals surface area contributed by atoms with Gasteiger partial charge in [-0.1, -0.05) is 0 Å². The number of nitrogens with zero attached hydrogens (tertiary/aromatic N) is 1. The Bertz CT molecular complexity index is 361. The van der Waals surface area contributed by atoms with Crippen LogP contribution in [-0.4, -0.2) is 62.4 Å². The molecule has 1 aliphatic heterocycles. The summed E-state index contributed by atoms with van der Waals surface area (Å²) in [6.45, 7) is 1.50. The number of amides is 1. The molecule has 1 saturated carbocycles. The average molecular weight is 285 g/mol. The van der Waals surface area contributed by atoms with Crippen molar-refractivity contribution in [3.8, 4) is 0 Å². The summed E-state index contributed by atoms with van der Waals surface area (Å²) in [5.74, 6) is -0.221. The van der Waals surface area contributed by atoms with Crippen LogP contribution in [0.4, 0.5) is 0 Å². The van der Waals surface area contributed by atoms with Gasteiger partial charge in [0.25, 0.3) is 0 Å². The molecular weight excluding hydrogens is 262 g/mol. The molecule has 0 aromatic carbocycles. The van der Waals surface area contributed by atoms with Gasteiger partial charge in [0.05, 0.1) is 38.3 Å². The molecule has 0 N–H and O–H groups in total. The highest BCUT2D eigenvalue weighted by Crippen LogP contribution is 2.38. The Balaban J connectivity index is 1.85. The molecule has 20 heavy (non-hydrogen) atoms. The van der Waals surface area contributed by atoms with Gasteiger partial charge in [-0.3, -0.25) is 9.59 Å². The van der Waals surface area contributed by atoms with E-state index in [0.717, 1.165) is 19.3 Å². The lowest BCUT2D eigenvalue weighted by Crippen LogP contribution is -2.50. The molecule has 1 atom stereocenters. The van der Waals surface area contributed by atoms with E-state index in [-0.39, 0.29) is 30.0 Å². The Kier molecular flexibility index (Phi) is 4.99. The standard InChI is InChI=1S/C14H23NO5/c1-18-13(17)8-11-10-15(6-7-20-11)12(16)9-14(19-2)4-3-5-14/h11H,3-10H2,1-2H3. The number of ether oxygens (including phenoxy) is 3. The summed E-state index contributed by atoms with van der Waals surface area (Å²) in [7, 11) is 3.03. The smallest absolute Gasteiger partial charge is 0.308 e. The highest BCUT2D eigenvalue weighted by molar-refractivity contribution is 5.78. The van der Waals surface area contributed by atoms with Gasteiger partial charge >= 0.3 is 5.97 Å². The van der Waals surface area contributed by atoms with Crippen LogP contribution in [0.5, 0.6) is 0 Å². The van der Waals surface area contributed by atoms with Crippen molar-refractivity contribution in [2.75, 3.05) is 33.9 Å². The van der Waals surface area contributed by atoms with E-state index in [0.29, 0.717) is 26.1 Å². The van der Waals surface area contributed by atoms with E-state index < -0.39 is 0 Å². The van der Waals surface area contributed by atoms with Gasteiger partial charge in [0.15, 0.2) is 0 Å². The van der Waals surface area contributed by atoms with Gasteiger partial charge < -0.3 is 19.1 Å². The number of carbonyl (C=O) groups excluding carboxylic acids is 2. The first-order valence-corrected chi connectivity index (χ1v) is 7.10. The molecule has 0 aromatic heterocycles. The number of rotatable bonds is 5. The normalized spacial score (nSPS) is 24.9. The summed E-state index contributed by atoms with van der Waals surface area (Å²) in [5, 5.41) is 0. The van der Waals surface area contributed by atoms with Crippen molar-refractivity contribution in [3.63, 3.8) is 0 Å². The zero-order valence-electron chi connectivity index (χ0n) is 12.2. The molecule has 0 radical (unpaired) electrons. The molecule has 2 aliphatic rings.